The number of hydrogen-bond donors (Lipinski definition) is 2. The van der Waals surface area contributed by atoms with Crippen molar-refractivity contribution in [3.05, 3.63) is 0 Å². The molecule has 18 heavy (non-hydrogen) atoms. The van der Waals surface area contributed by atoms with Gasteiger partial charge in [0.15, 0.2) is 0 Å². The highest BCUT2D eigenvalue weighted by Crippen LogP contribution is 2.24. The van der Waals surface area contributed by atoms with Gasteiger partial charge < -0.3 is 10.1 Å². The molecule has 0 amide bonds. The molecule has 2 N–H and O–H groups in total. The van der Waals surface area contributed by atoms with E-state index in [0.29, 0.717) is 31.4 Å². The topological polar surface area (TPSA) is 67.4 Å². The molecule has 0 radical (unpaired) electrons. The molecule has 0 aromatic rings. The lowest BCUT2D eigenvalue weighted by Crippen LogP contribution is -2.48. The van der Waals surface area contributed by atoms with E-state index in [-0.39, 0.29) is 6.04 Å². The van der Waals surface area contributed by atoms with Crippen LogP contribution in [-0.4, -0.2) is 46.5 Å². The van der Waals surface area contributed by atoms with Crippen molar-refractivity contribution in [1.29, 1.82) is 0 Å². The number of hydrogen-bond acceptors (Lipinski definition) is 4. The van der Waals surface area contributed by atoms with Crippen LogP contribution in [0.3, 0.4) is 0 Å². The lowest BCUT2D eigenvalue weighted by Gasteiger charge is -2.25. The van der Waals surface area contributed by atoms with Crippen LogP contribution in [0.25, 0.3) is 0 Å². The molecule has 2 rings (SSSR count). The van der Waals surface area contributed by atoms with E-state index in [9.17, 15) is 8.42 Å². The molecule has 2 aliphatic rings. The average molecular weight is 276 g/mol. The normalized spacial score (nSPS) is 27.2. The summed E-state index contributed by atoms with van der Waals surface area (Å²) in [6.45, 7) is 2.54. The van der Waals surface area contributed by atoms with E-state index in [0.717, 1.165) is 19.4 Å². The molecular weight excluding hydrogens is 252 g/mol. The van der Waals surface area contributed by atoms with Crippen LogP contribution in [0.1, 0.15) is 32.1 Å². The molecule has 0 aromatic carbocycles. The van der Waals surface area contributed by atoms with E-state index in [2.05, 4.69) is 10.0 Å². The number of sulfonamides is 1. The van der Waals surface area contributed by atoms with Gasteiger partial charge in [-0.05, 0) is 18.8 Å². The summed E-state index contributed by atoms with van der Waals surface area (Å²) < 4.78 is 31.9. The van der Waals surface area contributed by atoms with E-state index in [4.69, 9.17) is 4.74 Å². The van der Waals surface area contributed by atoms with Gasteiger partial charge in [0.25, 0.3) is 0 Å². The summed E-state index contributed by atoms with van der Waals surface area (Å²) in [6.07, 6.45) is 5.74. The standard InChI is InChI=1S/C12H24N2O3S/c15-18(16,10-11-4-2-1-3-5-11)14-8-12-9-17-7-6-13-12/h11-14H,1-10H2. The number of rotatable bonds is 5. The predicted octanol–water partition coefficient (Wildman–Crippen LogP) is 0.475. The van der Waals surface area contributed by atoms with Crippen LogP contribution in [-0.2, 0) is 14.8 Å². The Morgan fingerprint density at radius 3 is 2.67 bits per heavy atom. The summed E-state index contributed by atoms with van der Waals surface area (Å²) >= 11 is 0. The van der Waals surface area contributed by atoms with Gasteiger partial charge in [-0.1, -0.05) is 19.3 Å². The first-order chi connectivity index (χ1) is 8.66. The third kappa shape index (κ3) is 4.84. The summed E-state index contributed by atoms with van der Waals surface area (Å²) in [6, 6.07) is 0.111. The molecule has 106 valence electrons. The number of nitrogens with one attached hydrogen (secondary N) is 2. The maximum absolute atomic E-state index is 12.0. The fourth-order valence-electron chi connectivity index (χ4n) is 2.70. The maximum atomic E-state index is 12.0. The third-order valence-electron chi connectivity index (χ3n) is 3.73. The minimum Gasteiger partial charge on any atom is -0.378 e. The van der Waals surface area contributed by atoms with Gasteiger partial charge in [0, 0.05) is 19.1 Å². The molecule has 1 saturated heterocycles. The van der Waals surface area contributed by atoms with Crippen LogP contribution in [0.4, 0.5) is 0 Å². The maximum Gasteiger partial charge on any atom is 0.211 e. The molecule has 1 atom stereocenters. The van der Waals surface area contributed by atoms with Gasteiger partial charge in [0.05, 0.1) is 19.0 Å². The zero-order chi connectivity index (χ0) is 12.8. The zero-order valence-electron chi connectivity index (χ0n) is 10.9. The second-order valence-corrected chi connectivity index (χ2v) is 7.21. The van der Waals surface area contributed by atoms with E-state index in [1.165, 1.54) is 19.3 Å². The summed E-state index contributed by atoms with van der Waals surface area (Å²) in [5.74, 6) is 0.646. The van der Waals surface area contributed by atoms with Gasteiger partial charge in [0.1, 0.15) is 0 Å². The van der Waals surface area contributed by atoms with Crippen LogP contribution < -0.4 is 10.0 Å². The summed E-state index contributed by atoms with van der Waals surface area (Å²) in [4.78, 5) is 0. The van der Waals surface area contributed by atoms with Gasteiger partial charge in [-0.3, -0.25) is 0 Å². The molecule has 1 unspecified atom stereocenters. The zero-order valence-corrected chi connectivity index (χ0v) is 11.7. The van der Waals surface area contributed by atoms with E-state index in [1.807, 2.05) is 0 Å². The van der Waals surface area contributed by atoms with Crippen LogP contribution in [0, 0.1) is 5.92 Å². The minimum atomic E-state index is -3.13. The predicted molar refractivity (Wildman–Crippen MR) is 71.0 cm³/mol. The highest BCUT2D eigenvalue weighted by molar-refractivity contribution is 7.89. The van der Waals surface area contributed by atoms with Gasteiger partial charge in [-0.15, -0.1) is 0 Å². The van der Waals surface area contributed by atoms with Gasteiger partial charge in [0.2, 0.25) is 10.0 Å². The summed E-state index contributed by atoms with van der Waals surface area (Å²) in [7, 11) is -3.13. The average Bonchev–Trinajstić information content (AvgIpc) is 2.38. The Morgan fingerprint density at radius 2 is 2.00 bits per heavy atom. The van der Waals surface area contributed by atoms with Crippen molar-refractivity contribution in [3.63, 3.8) is 0 Å². The monoisotopic (exact) mass is 276 g/mol. The van der Waals surface area contributed by atoms with Gasteiger partial charge in [-0.25, -0.2) is 13.1 Å². The van der Waals surface area contributed by atoms with E-state index < -0.39 is 10.0 Å². The summed E-state index contributed by atoms with van der Waals surface area (Å²) in [5, 5.41) is 3.24. The van der Waals surface area contributed by atoms with Crippen molar-refractivity contribution < 1.29 is 13.2 Å². The first-order valence-corrected chi connectivity index (χ1v) is 8.59. The molecular formula is C12H24N2O3S. The Balaban J connectivity index is 1.72. The number of ether oxygens (including phenoxy) is 1. The second-order valence-electron chi connectivity index (χ2n) is 5.36. The number of morpholine rings is 1. The van der Waals surface area contributed by atoms with Crippen LogP contribution in [0.2, 0.25) is 0 Å². The highest BCUT2D eigenvalue weighted by Gasteiger charge is 2.22. The molecule has 0 aromatic heterocycles. The fraction of sp³-hybridized carbons (Fsp3) is 1.00. The third-order valence-corrected chi connectivity index (χ3v) is 5.24. The largest absolute Gasteiger partial charge is 0.378 e. The van der Waals surface area contributed by atoms with Crippen LogP contribution >= 0.6 is 0 Å². The Morgan fingerprint density at radius 1 is 1.22 bits per heavy atom. The first-order valence-electron chi connectivity index (χ1n) is 6.94. The van der Waals surface area contributed by atoms with Crippen molar-refractivity contribution in [3.8, 4) is 0 Å². The molecule has 1 aliphatic heterocycles. The fourth-order valence-corrected chi connectivity index (χ4v) is 4.23. The van der Waals surface area contributed by atoms with Crippen molar-refractivity contribution in [1.82, 2.24) is 10.0 Å². The Hall–Kier alpha value is -0.170. The lowest BCUT2D eigenvalue weighted by atomic mass is 9.91. The molecule has 0 spiro atoms. The molecule has 5 nitrogen and oxygen atoms in total. The smallest absolute Gasteiger partial charge is 0.211 e. The van der Waals surface area contributed by atoms with Crippen LogP contribution in [0.5, 0.6) is 0 Å². The van der Waals surface area contributed by atoms with Gasteiger partial charge >= 0.3 is 0 Å². The van der Waals surface area contributed by atoms with Gasteiger partial charge in [-0.2, -0.15) is 0 Å². The van der Waals surface area contributed by atoms with Crippen LogP contribution in [0.15, 0.2) is 0 Å². The Labute approximate surface area is 110 Å². The van der Waals surface area contributed by atoms with Crippen molar-refractivity contribution in [2.24, 2.45) is 5.92 Å². The highest BCUT2D eigenvalue weighted by atomic mass is 32.2. The van der Waals surface area contributed by atoms with Crippen molar-refractivity contribution >= 4 is 10.0 Å². The van der Waals surface area contributed by atoms with Crippen molar-refractivity contribution in [2.75, 3.05) is 32.1 Å². The molecule has 1 saturated carbocycles. The molecule has 1 heterocycles. The molecule has 2 fully saturated rings. The van der Waals surface area contributed by atoms with E-state index in [1.54, 1.807) is 0 Å². The van der Waals surface area contributed by atoms with Crippen molar-refractivity contribution in [2.45, 2.75) is 38.1 Å². The second kappa shape index (κ2) is 6.84. The Bertz CT molecular complexity index is 333. The first kappa shape index (κ1) is 14.2. The molecule has 1 aliphatic carbocycles. The molecule has 0 bridgehead atoms. The SMILES string of the molecule is O=S(=O)(CC1CCCCC1)NCC1COCCN1. The lowest BCUT2D eigenvalue weighted by molar-refractivity contribution is 0.0784. The minimum absolute atomic E-state index is 0.111. The quantitative estimate of drug-likeness (QED) is 0.766. The molecule has 6 heteroatoms. The van der Waals surface area contributed by atoms with E-state index >= 15 is 0 Å². The Kier molecular flexibility index (Phi) is 5.41. The summed E-state index contributed by atoms with van der Waals surface area (Å²) in [5.41, 5.74) is 0.